The number of rotatable bonds is 2. The first-order valence-corrected chi connectivity index (χ1v) is 8.17. The number of amides is 1. The Balaban J connectivity index is 1.76. The maximum Gasteiger partial charge on any atom is 0.242 e. The second-order valence-corrected chi connectivity index (χ2v) is 6.59. The van der Waals surface area contributed by atoms with E-state index in [4.69, 9.17) is 9.72 Å². The lowest BCUT2D eigenvalue weighted by Gasteiger charge is -2.35. The van der Waals surface area contributed by atoms with Gasteiger partial charge in [-0.25, -0.2) is 4.98 Å². The van der Waals surface area contributed by atoms with Crippen molar-refractivity contribution in [3.8, 4) is 0 Å². The van der Waals surface area contributed by atoms with Crippen LogP contribution in [0.5, 0.6) is 0 Å². The van der Waals surface area contributed by atoms with Gasteiger partial charge in [0.25, 0.3) is 0 Å². The number of ether oxygens (including phenoxy) is 1. The Morgan fingerprint density at radius 3 is 2.91 bits per heavy atom. The highest BCUT2D eigenvalue weighted by molar-refractivity contribution is 5.82. The molecule has 1 amide bonds. The maximum atomic E-state index is 12.7. The van der Waals surface area contributed by atoms with E-state index in [1.54, 1.807) is 0 Å². The van der Waals surface area contributed by atoms with E-state index in [1.807, 2.05) is 11.8 Å². The van der Waals surface area contributed by atoms with Gasteiger partial charge in [-0.3, -0.25) is 4.79 Å². The van der Waals surface area contributed by atoms with Crippen molar-refractivity contribution in [1.82, 2.24) is 19.8 Å². The zero-order valence-electron chi connectivity index (χ0n) is 13.9. The van der Waals surface area contributed by atoms with Crippen LogP contribution in [-0.4, -0.2) is 52.2 Å². The van der Waals surface area contributed by atoms with Gasteiger partial charge < -0.3 is 19.5 Å². The average molecular weight is 306 g/mol. The predicted molar refractivity (Wildman–Crippen MR) is 83.6 cm³/mol. The first kappa shape index (κ1) is 15.5. The van der Waals surface area contributed by atoms with E-state index >= 15 is 0 Å². The van der Waals surface area contributed by atoms with Crippen molar-refractivity contribution in [2.24, 2.45) is 7.05 Å². The molecule has 1 aromatic heterocycles. The number of nitrogens with zero attached hydrogens (tertiary/aromatic N) is 3. The van der Waals surface area contributed by atoms with Crippen LogP contribution in [0, 0.1) is 0 Å². The van der Waals surface area contributed by atoms with Crippen molar-refractivity contribution in [1.29, 1.82) is 0 Å². The van der Waals surface area contributed by atoms with Gasteiger partial charge in [0.05, 0.1) is 24.9 Å². The lowest BCUT2D eigenvalue weighted by molar-refractivity contribution is -0.140. The molecule has 3 heterocycles. The summed E-state index contributed by atoms with van der Waals surface area (Å²) in [7, 11) is 2.08. The van der Waals surface area contributed by atoms with Crippen LogP contribution in [0.25, 0.3) is 0 Å². The first-order chi connectivity index (χ1) is 10.5. The quantitative estimate of drug-likeness (QED) is 0.878. The molecule has 22 heavy (non-hydrogen) atoms. The highest BCUT2D eigenvalue weighted by atomic mass is 16.5. The van der Waals surface area contributed by atoms with Crippen LogP contribution in [0.4, 0.5) is 0 Å². The zero-order valence-corrected chi connectivity index (χ0v) is 13.9. The van der Waals surface area contributed by atoms with Crippen LogP contribution < -0.4 is 5.32 Å². The molecule has 0 unspecified atom stereocenters. The van der Waals surface area contributed by atoms with E-state index in [-0.39, 0.29) is 18.1 Å². The molecule has 0 saturated carbocycles. The standard InChI is InChI=1S/C16H26N4O2/c1-10(2)15-18-12-9-20(7-5-13(12)19(15)4)16(21)14-11(3)22-8-6-17-14/h10-11,14,17H,5-9H2,1-4H3/t11-,14+/m1/s1. The van der Waals surface area contributed by atoms with Crippen molar-refractivity contribution in [2.45, 2.75) is 51.8 Å². The molecular weight excluding hydrogens is 280 g/mol. The number of morpholine rings is 1. The van der Waals surface area contributed by atoms with Crippen LogP contribution in [0.3, 0.4) is 0 Å². The van der Waals surface area contributed by atoms with Crippen LogP contribution in [0.2, 0.25) is 0 Å². The van der Waals surface area contributed by atoms with Gasteiger partial charge in [0.15, 0.2) is 0 Å². The van der Waals surface area contributed by atoms with Crippen molar-refractivity contribution in [3.05, 3.63) is 17.2 Å². The number of imidazole rings is 1. The lowest BCUT2D eigenvalue weighted by Crippen LogP contribution is -2.57. The normalized spacial score (nSPS) is 25.4. The molecule has 6 nitrogen and oxygen atoms in total. The summed E-state index contributed by atoms with van der Waals surface area (Å²) in [6.45, 7) is 9.05. The molecule has 6 heteroatoms. The van der Waals surface area contributed by atoms with Gasteiger partial charge in [-0.2, -0.15) is 0 Å². The van der Waals surface area contributed by atoms with Crippen molar-refractivity contribution < 1.29 is 9.53 Å². The van der Waals surface area contributed by atoms with E-state index in [2.05, 4.69) is 30.8 Å². The highest BCUT2D eigenvalue weighted by Gasteiger charge is 2.34. The molecule has 0 aromatic carbocycles. The summed E-state index contributed by atoms with van der Waals surface area (Å²) in [5.74, 6) is 1.63. The fourth-order valence-electron chi connectivity index (χ4n) is 3.46. The monoisotopic (exact) mass is 306 g/mol. The van der Waals surface area contributed by atoms with E-state index in [0.717, 1.165) is 31.0 Å². The van der Waals surface area contributed by atoms with Gasteiger partial charge >= 0.3 is 0 Å². The molecule has 2 atom stereocenters. The summed E-state index contributed by atoms with van der Waals surface area (Å²) in [5, 5.41) is 3.28. The molecule has 1 N–H and O–H groups in total. The molecule has 0 radical (unpaired) electrons. The maximum absolute atomic E-state index is 12.7. The highest BCUT2D eigenvalue weighted by Crippen LogP contribution is 2.24. The third-order valence-electron chi connectivity index (χ3n) is 4.70. The number of fused-ring (bicyclic) bond motifs is 1. The Bertz CT molecular complexity index is 567. The number of nitrogens with one attached hydrogen (secondary N) is 1. The van der Waals surface area contributed by atoms with E-state index < -0.39 is 0 Å². The molecule has 1 fully saturated rings. The summed E-state index contributed by atoms with van der Waals surface area (Å²) in [6.07, 6.45) is 0.803. The SMILES string of the molecule is CC(C)c1nc2c(n1C)CCN(C(=O)[C@H]1NCCO[C@@H]1C)C2. The molecule has 0 spiro atoms. The Labute approximate surface area is 131 Å². The van der Waals surface area contributed by atoms with Crippen LogP contribution in [0.1, 0.15) is 43.9 Å². The van der Waals surface area contributed by atoms with Gasteiger partial charge in [-0.1, -0.05) is 13.8 Å². The van der Waals surface area contributed by atoms with Gasteiger partial charge in [0.1, 0.15) is 11.9 Å². The number of aromatic nitrogens is 2. The Hall–Kier alpha value is -1.40. The summed E-state index contributed by atoms with van der Waals surface area (Å²) in [4.78, 5) is 19.4. The largest absolute Gasteiger partial charge is 0.375 e. The average Bonchev–Trinajstić information content (AvgIpc) is 2.84. The molecule has 0 bridgehead atoms. The lowest BCUT2D eigenvalue weighted by atomic mass is 10.1. The second-order valence-electron chi connectivity index (χ2n) is 6.59. The first-order valence-electron chi connectivity index (χ1n) is 8.17. The number of carbonyl (C=O) groups excluding carboxylic acids is 1. The van der Waals surface area contributed by atoms with Gasteiger partial charge in [0, 0.05) is 38.2 Å². The smallest absolute Gasteiger partial charge is 0.242 e. The van der Waals surface area contributed by atoms with Crippen LogP contribution in [0.15, 0.2) is 0 Å². The zero-order chi connectivity index (χ0) is 15.9. The molecule has 2 aliphatic rings. The fourth-order valence-corrected chi connectivity index (χ4v) is 3.46. The van der Waals surface area contributed by atoms with Crippen LogP contribution in [-0.2, 0) is 29.5 Å². The summed E-state index contributed by atoms with van der Waals surface area (Å²) < 4.78 is 7.80. The third kappa shape index (κ3) is 2.65. The van der Waals surface area contributed by atoms with Crippen molar-refractivity contribution in [3.63, 3.8) is 0 Å². The summed E-state index contributed by atoms with van der Waals surface area (Å²) in [5.41, 5.74) is 2.32. The number of hydrogen-bond donors (Lipinski definition) is 1. The third-order valence-corrected chi connectivity index (χ3v) is 4.70. The van der Waals surface area contributed by atoms with E-state index in [0.29, 0.717) is 19.1 Å². The fraction of sp³-hybridized carbons (Fsp3) is 0.750. The van der Waals surface area contributed by atoms with Crippen molar-refractivity contribution >= 4 is 5.91 Å². The number of carbonyl (C=O) groups is 1. The van der Waals surface area contributed by atoms with E-state index in [9.17, 15) is 4.79 Å². The summed E-state index contributed by atoms with van der Waals surface area (Å²) >= 11 is 0. The minimum Gasteiger partial charge on any atom is -0.375 e. The Morgan fingerprint density at radius 2 is 2.23 bits per heavy atom. The van der Waals surface area contributed by atoms with Gasteiger partial charge in [-0.15, -0.1) is 0 Å². The molecule has 1 saturated heterocycles. The van der Waals surface area contributed by atoms with Crippen molar-refractivity contribution in [2.75, 3.05) is 19.7 Å². The predicted octanol–water partition coefficient (Wildman–Crippen LogP) is 0.805. The molecule has 1 aromatic rings. The molecule has 122 valence electrons. The second kappa shape index (κ2) is 6.01. The Morgan fingerprint density at radius 1 is 1.45 bits per heavy atom. The molecule has 3 rings (SSSR count). The Kier molecular flexibility index (Phi) is 4.23. The van der Waals surface area contributed by atoms with E-state index in [1.165, 1.54) is 5.69 Å². The van der Waals surface area contributed by atoms with Gasteiger partial charge in [0.2, 0.25) is 5.91 Å². The minimum atomic E-state index is -0.233. The molecular formula is C16H26N4O2. The summed E-state index contributed by atoms with van der Waals surface area (Å²) in [6, 6.07) is -0.233. The van der Waals surface area contributed by atoms with Crippen LogP contribution >= 0.6 is 0 Å². The topological polar surface area (TPSA) is 59.4 Å². The van der Waals surface area contributed by atoms with Gasteiger partial charge in [-0.05, 0) is 6.92 Å². The minimum absolute atomic E-state index is 0.0717. The molecule has 0 aliphatic carbocycles. The number of hydrogen-bond acceptors (Lipinski definition) is 4. The molecule has 2 aliphatic heterocycles.